The predicted octanol–water partition coefficient (Wildman–Crippen LogP) is 3.21. The molecule has 0 fully saturated rings. The van der Waals surface area contributed by atoms with Gasteiger partial charge in [-0.05, 0) is 38.1 Å². The lowest BCUT2D eigenvalue weighted by Gasteiger charge is -2.05. The topological polar surface area (TPSA) is 30.0 Å². The molecule has 0 saturated heterocycles. The van der Waals surface area contributed by atoms with Gasteiger partial charge in [-0.15, -0.1) is 0 Å². The molecule has 0 aliphatic rings. The van der Waals surface area contributed by atoms with E-state index in [1.165, 1.54) is 0 Å². The molecule has 0 spiro atoms. The summed E-state index contributed by atoms with van der Waals surface area (Å²) in [5, 5.41) is 0. The van der Waals surface area contributed by atoms with E-state index in [2.05, 4.69) is 4.98 Å². The maximum absolute atomic E-state index is 13.1. The summed E-state index contributed by atoms with van der Waals surface area (Å²) in [7, 11) is 0. The fraction of sp³-hybridized carbons (Fsp3) is 0.143. The van der Waals surface area contributed by atoms with Crippen molar-refractivity contribution in [2.24, 2.45) is 0 Å². The number of ketones is 1. The molecule has 18 heavy (non-hydrogen) atoms. The molecule has 0 N–H and O–H groups in total. The molecule has 0 radical (unpaired) electrons. The quantitative estimate of drug-likeness (QED) is 0.763. The van der Waals surface area contributed by atoms with Crippen molar-refractivity contribution in [3.05, 3.63) is 64.5 Å². The molecule has 92 valence electrons. The van der Waals surface area contributed by atoms with Crippen LogP contribution in [-0.4, -0.2) is 10.8 Å². The van der Waals surface area contributed by atoms with Gasteiger partial charge in [-0.3, -0.25) is 9.78 Å². The zero-order valence-electron chi connectivity index (χ0n) is 10.00. The molecular weight excluding hydrogens is 236 g/mol. The first-order chi connectivity index (χ1) is 8.47. The van der Waals surface area contributed by atoms with Crippen LogP contribution in [0.1, 0.15) is 27.3 Å². The minimum Gasteiger partial charge on any atom is -0.289 e. The second-order valence-electron chi connectivity index (χ2n) is 4.07. The van der Waals surface area contributed by atoms with Gasteiger partial charge in [0.15, 0.2) is 5.78 Å². The Labute approximate surface area is 103 Å². The summed E-state index contributed by atoms with van der Waals surface area (Å²) in [5.74, 6) is -1.97. The Bertz CT molecular complexity index is 603. The van der Waals surface area contributed by atoms with Gasteiger partial charge in [-0.2, -0.15) is 0 Å². The highest BCUT2D eigenvalue weighted by Crippen LogP contribution is 2.15. The van der Waals surface area contributed by atoms with Crippen molar-refractivity contribution >= 4 is 5.78 Å². The third-order valence-electron chi connectivity index (χ3n) is 2.59. The summed E-state index contributed by atoms with van der Waals surface area (Å²) < 4.78 is 26.1. The van der Waals surface area contributed by atoms with Crippen LogP contribution in [-0.2, 0) is 0 Å². The van der Waals surface area contributed by atoms with E-state index in [1.54, 1.807) is 19.1 Å². The van der Waals surface area contributed by atoms with Gasteiger partial charge < -0.3 is 0 Å². The van der Waals surface area contributed by atoms with Crippen molar-refractivity contribution in [2.45, 2.75) is 13.8 Å². The van der Waals surface area contributed by atoms with E-state index in [0.29, 0.717) is 11.3 Å². The van der Waals surface area contributed by atoms with Crippen molar-refractivity contribution in [2.75, 3.05) is 0 Å². The SMILES string of the molecule is Cc1ccc(C(=O)c2cc(F)cc(F)c2)c(C)n1. The lowest BCUT2D eigenvalue weighted by Crippen LogP contribution is -2.06. The number of carbonyl (C=O) groups excluding carboxylic acids is 1. The van der Waals surface area contributed by atoms with Crippen LogP contribution in [0, 0.1) is 25.5 Å². The highest BCUT2D eigenvalue weighted by molar-refractivity contribution is 6.09. The van der Waals surface area contributed by atoms with Gasteiger partial charge in [0.05, 0.1) is 0 Å². The van der Waals surface area contributed by atoms with Gasteiger partial charge in [-0.1, -0.05) is 0 Å². The fourth-order valence-electron chi connectivity index (χ4n) is 1.77. The molecule has 0 unspecified atom stereocenters. The normalized spacial score (nSPS) is 10.4. The lowest BCUT2D eigenvalue weighted by atomic mass is 10.0. The molecule has 0 aliphatic heterocycles. The summed E-state index contributed by atoms with van der Waals surface area (Å²) in [6.07, 6.45) is 0. The first-order valence-electron chi connectivity index (χ1n) is 5.42. The Kier molecular flexibility index (Phi) is 3.19. The smallest absolute Gasteiger partial charge is 0.195 e. The Hall–Kier alpha value is -2.10. The number of rotatable bonds is 2. The van der Waals surface area contributed by atoms with Crippen LogP contribution in [0.4, 0.5) is 8.78 Å². The number of aromatic nitrogens is 1. The summed E-state index contributed by atoms with van der Waals surface area (Å²) in [4.78, 5) is 16.3. The van der Waals surface area contributed by atoms with Gasteiger partial charge in [0.2, 0.25) is 0 Å². The first-order valence-corrected chi connectivity index (χ1v) is 5.42. The second kappa shape index (κ2) is 4.64. The van der Waals surface area contributed by atoms with E-state index < -0.39 is 17.4 Å². The van der Waals surface area contributed by atoms with Crippen LogP contribution < -0.4 is 0 Å². The summed E-state index contributed by atoms with van der Waals surface area (Å²) >= 11 is 0. The van der Waals surface area contributed by atoms with E-state index in [1.807, 2.05) is 6.92 Å². The molecule has 2 rings (SSSR count). The molecule has 1 heterocycles. The lowest BCUT2D eigenvalue weighted by molar-refractivity contribution is 0.103. The van der Waals surface area contributed by atoms with E-state index >= 15 is 0 Å². The highest BCUT2D eigenvalue weighted by atomic mass is 19.1. The molecular formula is C14H11F2NO. The Morgan fingerprint density at radius 1 is 1.06 bits per heavy atom. The van der Waals surface area contributed by atoms with Crippen LogP contribution in [0.5, 0.6) is 0 Å². The summed E-state index contributed by atoms with van der Waals surface area (Å²) in [5.41, 5.74) is 1.67. The first kappa shape index (κ1) is 12.4. The number of nitrogens with zero attached hydrogens (tertiary/aromatic N) is 1. The minimum atomic E-state index is -0.768. The molecule has 0 amide bonds. The van der Waals surface area contributed by atoms with E-state index in [0.717, 1.165) is 23.9 Å². The molecule has 0 aliphatic carbocycles. The average Bonchev–Trinajstić information content (AvgIpc) is 2.26. The average molecular weight is 247 g/mol. The van der Waals surface area contributed by atoms with E-state index in [9.17, 15) is 13.6 Å². The van der Waals surface area contributed by atoms with Crippen molar-refractivity contribution < 1.29 is 13.6 Å². The van der Waals surface area contributed by atoms with Crippen LogP contribution in [0.3, 0.4) is 0 Å². The molecule has 0 bridgehead atoms. The zero-order chi connectivity index (χ0) is 13.3. The monoisotopic (exact) mass is 247 g/mol. The number of halogens is 2. The van der Waals surface area contributed by atoms with Crippen LogP contribution in [0.15, 0.2) is 30.3 Å². The maximum Gasteiger partial charge on any atom is 0.195 e. The Morgan fingerprint density at radius 3 is 2.22 bits per heavy atom. The van der Waals surface area contributed by atoms with Gasteiger partial charge in [-0.25, -0.2) is 8.78 Å². The maximum atomic E-state index is 13.1. The third-order valence-corrected chi connectivity index (χ3v) is 2.59. The van der Waals surface area contributed by atoms with Crippen LogP contribution in [0.2, 0.25) is 0 Å². The standard InChI is InChI=1S/C14H11F2NO/c1-8-3-4-13(9(2)17-8)14(18)10-5-11(15)7-12(16)6-10/h3-7H,1-2H3. The molecule has 2 aromatic rings. The van der Waals surface area contributed by atoms with Gasteiger partial charge >= 0.3 is 0 Å². The van der Waals surface area contributed by atoms with Crippen molar-refractivity contribution in [1.82, 2.24) is 4.98 Å². The molecule has 0 atom stereocenters. The molecule has 0 saturated carbocycles. The predicted molar refractivity (Wildman–Crippen MR) is 63.5 cm³/mol. The highest BCUT2D eigenvalue weighted by Gasteiger charge is 2.14. The number of benzene rings is 1. The molecule has 2 nitrogen and oxygen atoms in total. The zero-order valence-corrected chi connectivity index (χ0v) is 10.00. The Morgan fingerprint density at radius 2 is 1.67 bits per heavy atom. The van der Waals surface area contributed by atoms with Gasteiger partial charge in [0.25, 0.3) is 0 Å². The van der Waals surface area contributed by atoms with Crippen LogP contribution >= 0.6 is 0 Å². The largest absolute Gasteiger partial charge is 0.289 e. The third kappa shape index (κ3) is 2.42. The van der Waals surface area contributed by atoms with Crippen molar-refractivity contribution in [3.63, 3.8) is 0 Å². The van der Waals surface area contributed by atoms with E-state index in [-0.39, 0.29) is 5.56 Å². The number of hydrogen-bond acceptors (Lipinski definition) is 2. The fourth-order valence-corrected chi connectivity index (χ4v) is 1.77. The summed E-state index contributed by atoms with van der Waals surface area (Å²) in [6, 6.07) is 6.07. The minimum absolute atomic E-state index is 0.0127. The molecule has 1 aromatic carbocycles. The van der Waals surface area contributed by atoms with Crippen molar-refractivity contribution in [3.8, 4) is 0 Å². The van der Waals surface area contributed by atoms with Gasteiger partial charge in [0.1, 0.15) is 11.6 Å². The Balaban J connectivity index is 2.47. The number of hydrogen-bond donors (Lipinski definition) is 0. The van der Waals surface area contributed by atoms with Crippen LogP contribution in [0.25, 0.3) is 0 Å². The van der Waals surface area contributed by atoms with Gasteiger partial charge in [0, 0.05) is 28.6 Å². The number of aryl methyl sites for hydroxylation is 2. The number of carbonyl (C=O) groups is 1. The van der Waals surface area contributed by atoms with E-state index in [4.69, 9.17) is 0 Å². The number of pyridine rings is 1. The summed E-state index contributed by atoms with van der Waals surface area (Å²) in [6.45, 7) is 3.50. The molecule has 1 aromatic heterocycles. The second-order valence-corrected chi connectivity index (χ2v) is 4.07. The van der Waals surface area contributed by atoms with Crippen molar-refractivity contribution in [1.29, 1.82) is 0 Å². The molecule has 4 heteroatoms.